The summed E-state index contributed by atoms with van der Waals surface area (Å²) in [6, 6.07) is 11.0. The fourth-order valence-electron chi connectivity index (χ4n) is 1.96. The Hall–Kier alpha value is -2.20. The molecule has 2 aromatic rings. The Morgan fingerprint density at radius 2 is 2.00 bits per heavy atom. The summed E-state index contributed by atoms with van der Waals surface area (Å²) in [7, 11) is 0. The molecule has 4 heteroatoms. The molecule has 0 aliphatic carbocycles. The van der Waals surface area contributed by atoms with Gasteiger partial charge >= 0.3 is 0 Å². The molecule has 1 unspecified atom stereocenters. The highest BCUT2D eigenvalue weighted by atomic mass is 19.1. The number of rotatable bonds is 3. The van der Waals surface area contributed by atoms with Crippen LogP contribution in [-0.4, -0.2) is 11.0 Å². The third-order valence-corrected chi connectivity index (χ3v) is 3.06. The van der Waals surface area contributed by atoms with Gasteiger partial charge in [0.05, 0.1) is 6.10 Å². The van der Waals surface area contributed by atoms with Crippen LogP contribution in [0.15, 0.2) is 42.5 Å². The molecule has 2 N–H and O–H groups in total. The van der Waals surface area contributed by atoms with Gasteiger partial charge < -0.3 is 10.4 Å². The van der Waals surface area contributed by atoms with Crippen molar-refractivity contribution in [3.05, 3.63) is 65.0 Å². The Kier molecular flexibility index (Phi) is 4.15. The summed E-state index contributed by atoms with van der Waals surface area (Å²) in [5.41, 5.74) is 2.32. The number of nitrogens with one attached hydrogen (secondary N) is 1. The van der Waals surface area contributed by atoms with Gasteiger partial charge in [-0.05, 0) is 55.3 Å². The van der Waals surface area contributed by atoms with E-state index >= 15 is 0 Å². The number of hydrogen-bond donors (Lipinski definition) is 2. The Balaban J connectivity index is 2.21. The van der Waals surface area contributed by atoms with Gasteiger partial charge in [0.1, 0.15) is 5.82 Å². The Bertz CT molecular complexity index is 638. The predicted octanol–water partition coefficient (Wildman–Crippen LogP) is 3.44. The van der Waals surface area contributed by atoms with E-state index in [0.717, 1.165) is 5.56 Å². The third kappa shape index (κ3) is 3.22. The summed E-state index contributed by atoms with van der Waals surface area (Å²) in [6.45, 7) is 3.34. The van der Waals surface area contributed by atoms with Gasteiger partial charge in [0.15, 0.2) is 0 Å². The van der Waals surface area contributed by atoms with Crippen molar-refractivity contribution in [2.24, 2.45) is 0 Å². The van der Waals surface area contributed by atoms with Crippen LogP contribution in [0.25, 0.3) is 0 Å². The number of aryl methyl sites for hydroxylation is 1. The van der Waals surface area contributed by atoms with Crippen molar-refractivity contribution >= 4 is 11.6 Å². The lowest BCUT2D eigenvalue weighted by molar-refractivity contribution is 0.102. The Morgan fingerprint density at radius 1 is 1.25 bits per heavy atom. The van der Waals surface area contributed by atoms with E-state index in [9.17, 15) is 14.3 Å². The maximum Gasteiger partial charge on any atom is 0.255 e. The van der Waals surface area contributed by atoms with E-state index in [-0.39, 0.29) is 11.7 Å². The zero-order chi connectivity index (χ0) is 14.7. The second-order valence-electron chi connectivity index (χ2n) is 4.71. The van der Waals surface area contributed by atoms with Crippen molar-refractivity contribution < 1.29 is 14.3 Å². The molecule has 104 valence electrons. The molecule has 0 heterocycles. The minimum atomic E-state index is -0.598. The molecule has 0 radical (unpaired) electrons. The number of benzene rings is 2. The first kappa shape index (κ1) is 14.2. The van der Waals surface area contributed by atoms with E-state index in [4.69, 9.17) is 0 Å². The van der Waals surface area contributed by atoms with E-state index in [1.807, 2.05) is 0 Å². The topological polar surface area (TPSA) is 49.3 Å². The average molecular weight is 273 g/mol. The summed E-state index contributed by atoms with van der Waals surface area (Å²) in [5, 5.41) is 12.3. The lowest BCUT2D eigenvalue weighted by atomic mass is 10.1. The molecule has 1 atom stereocenters. The van der Waals surface area contributed by atoms with Crippen LogP contribution in [0.1, 0.15) is 34.5 Å². The van der Waals surface area contributed by atoms with Crippen molar-refractivity contribution in [3.63, 3.8) is 0 Å². The molecule has 20 heavy (non-hydrogen) atoms. The van der Waals surface area contributed by atoms with E-state index < -0.39 is 6.10 Å². The quantitative estimate of drug-likeness (QED) is 0.900. The second kappa shape index (κ2) is 5.84. The van der Waals surface area contributed by atoms with Gasteiger partial charge in [0, 0.05) is 11.3 Å². The Morgan fingerprint density at radius 3 is 2.65 bits per heavy atom. The molecule has 2 rings (SSSR count). The molecule has 0 aliphatic rings. The molecule has 3 nitrogen and oxygen atoms in total. The lowest BCUT2D eigenvalue weighted by Gasteiger charge is -2.10. The lowest BCUT2D eigenvalue weighted by Crippen LogP contribution is -2.13. The highest BCUT2D eigenvalue weighted by molar-refractivity contribution is 6.05. The van der Waals surface area contributed by atoms with Gasteiger partial charge in [-0.25, -0.2) is 4.39 Å². The number of aliphatic hydroxyl groups excluding tert-OH is 1. The molecule has 0 fully saturated rings. The van der Waals surface area contributed by atoms with Crippen molar-refractivity contribution in [3.8, 4) is 0 Å². The van der Waals surface area contributed by atoms with E-state index in [0.29, 0.717) is 16.8 Å². The number of hydrogen-bond acceptors (Lipinski definition) is 2. The summed E-state index contributed by atoms with van der Waals surface area (Å²) in [4.78, 5) is 12.1. The van der Waals surface area contributed by atoms with E-state index in [2.05, 4.69) is 5.32 Å². The maximum absolute atomic E-state index is 13.0. The molecule has 0 saturated carbocycles. The summed E-state index contributed by atoms with van der Waals surface area (Å²) in [6.07, 6.45) is -0.598. The molecular weight excluding hydrogens is 257 g/mol. The highest BCUT2D eigenvalue weighted by Gasteiger charge is 2.10. The smallest absolute Gasteiger partial charge is 0.255 e. The standard InChI is InChI=1S/C16H16FNO2/c1-10-8-13(17)6-7-15(10)16(20)18-14-5-3-4-12(9-14)11(2)19/h3-9,11,19H,1-2H3,(H,18,20). The van der Waals surface area contributed by atoms with Crippen molar-refractivity contribution in [2.45, 2.75) is 20.0 Å². The summed E-state index contributed by atoms with van der Waals surface area (Å²) in [5.74, 6) is -0.666. The molecule has 0 aromatic heterocycles. The monoisotopic (exact) mass is 273 g/mol. The first-order chi connectivity index (χ1) is 9.47. The molecule has 0 bridgehead atoms. The number of carbonyl (C=O) groups is 1. The van der Waals surface area contributed by atoms with Crippen LogP contribution in [0.3, 0.4) is 0 Å². The second-order valence-corrected chi connectivity index (χ2v) is 4.71. The molecule has 0 spiro atoms. The van der Waals surface area contributed by atoms with Crippen molar-refractivity contribution in [2.75, 3.05) is 5.32 Å². The molecule has 2 aromatic carbocycles. The van der Waals surface area contributed by atoms with Crippen molar-refractivity contribution in [1.29, 1.82) is 0 Å². The third-order valence-electron chi connectivity index (χ3n) is 3.06. The van der Waals surface area contributed by atoms with Crippen LogP contribution in [0.4, 0.5) is 10.1 Å². The number of aliphatic hydroxyl groups is 1. The van der Waals surface area contributed by atoms with Crippen LogP contribution in [0.5, 0.6) is 0 Å². The number of amides is 1. The van der Waals surface area contributed by atoms with Gasteiger partial charge in [0.2, 0.25) is 0 Å². The van der Waals surface area contributed by atoms with Gasteiger partial charge in [-0.1, -0.05) is 12.1 Å². The first-order valence-corrected chi connectivity index (χ1v) is 6.33. The normalized spacial score (nSPS) is 12.0. The Labute approximate surface area is 117 Å². The fraction of sp³-hybridized carbons (Fsp3) is 0.188. The largest absolute Gasteiger partial charge is 0.389 e. The zero-order valence-electron chi connectivity index (χ0n) is 11.4. The molecule has 0 aliphatic heterocycles. The molecular formula is C16H16FNO2. The van der Waals surface area contributed by atoms with Gasteiger partial charge in [0.25, 0.3) is 5.91 Å². The highest BCUT2D eigenvalue weighted by Crippen LogP contribution is 2.18. The number of carbonyl (C=O) groups excluding carboxylic acids is 1. The molecule has 0 saturated heterocycles. The van der Waals surface area contributed by atoms with Crippen molar-refractivity contribution in [1.82, 2.24) is 0 Å². The minimum absolute atomic E-state index is 0.301. The summed E-state index contributed by atoms with van der Waals surface area (Å²) < 4.78 is 13.0. The van der Waals surface area contributed by atoms with Gasteiger partial charge in [-0.15, -0.1) is 0 Å². The van der Waals surface area contributed by atoms with Crippen LogP contribution in [0, 0.1) is 12.7 Å². The minimum Gasteiger partial charge on any atom is -0.389 e. The van der Waals surface area contributed by atoms with Crippen LogP contribution >= 0.6 is 0 Å². The maximum atomic E-state index is 13.0. The van der Waals surface area contributed by atoms with Crippen LogP contribution in [-0.2, 0) is 0 Å². The average Bonchev–Trinajstić information content (AvgIpc) is 2.38. The predicted molar refractivity (Wildman–Crippen MR) is 76.2 cm³/mol. The van der Waals surface area contributed by atoms with Gasteiger partial charge in [-0.2, -0.15) is 0 Å². The van der Waals surface area contributed by atoms with E-state index in [1.165, 1.54) is 18.2 Å². The first-order valence-electron chi connectivity index (χ1n) is 6.33. The number of halogens is 1. The number of anilines is 1. The summed E-state index contributed by atoms with van der Waals surface area (Å²) >= 11 is 0. The SMILES string of the molecule is Cc1cc(F)ccc1C(=O)Nc1cccc(C(C)O)c1. The van der Waals surface area contributed by atoms with Gasteiger partial charge in [-0.3, -0.25) is 4.79 Å². The zero-order valence-corrected chi connectivity index (χ0v) is 11.4. The van der Waals surface area contributed by atoms with Crippen LogP contribution < -0.4 is 5.32 Å². The fourth-order valence-corrected chi connectivity index (χ4v) is 1.96. The molecule has 1 amide bonds. The van der Waals surface area contributed by atoms with E-state index in [1.54, 1.807) is 38.1 Å². The van der Waals surface area contributed by atoms with Crippen LogP contribution in [0.2, 0.25) is 0 Å².